The fraction of sp³-hybridized carbons (Fsp3) is 0.286. The van der Waals surface area contributed by atoms with E-state index in [1.165, 1.54) is 17.9 Å². The van der Waals surface area contributed by atoms with E-state index < -0.39 is 37.0 Å². The molecular weight excluding hydrogens is 447 g/mol. The fourth-order valence-electron chi connectivity index (χ4n) is 3.09. The summed E-state index contributed by atoms with van der Waals surface area (Å²) in [6, 6.07) is 7.18. The molecule has 3 rings (SSSR count). The van der Waals surface area contributed by atoms with E-state index in [0.717, 1.165) is 13.2 Å². The quantitative estimate of drug-likeness (QED) is 0.462. The normalized spacial score (nSPS) is 13.2. The lowest BCUT2D eigenvalue weighted by Gasteiger charge is -2.18. The molecular formula is C21H22F2NO7P. The maximum Gasteiger partial charge on any atom is 0.473 e. The molecule has 1 aromatic heterocycles. The van der Waals surface area contributed by atoms with Crippen molar-refractivity contribution in [2.45, 2.75) is 20.1 Å². The summed E-state index contributed by atoms with van der Waals surface area (Å²) in [6.45, 7) is 1.39. The first-order valence-electron chi connectivity index (χ1n) is 9.57. The van der Waals surface area contributed by atoms with E-state index in [1.54, 1.807) is 24.3 Å². The van der Waals surface area contributed by atoms with E-state index in [-0.39, 0.29) is 23.4 Å². The minimum absolute atomic E-state index is 0.0138. The van der Waals surface area contributed by atoms with Crippen LogP contribution in [0.2, 0.25) is 0 Å². The smallest absolute Gasteiger partial charge is 0.473 e. The number of nitrogens with zero attached hydrogens (tertiary/aromatic N) is 1. The molecule has 172 valence electrons. The lowest BCUT2D eigenvalue weighted by Crippen LogP contribution is -2.16. The Morgan fingerprint density at radius 2 is 1.84 bits per heavy atom. The maximum absolute atomic E-state index is 14.9. The monoisotopic (exact) mass is 469 g/mol. The lowest BCUT2D eigenvalue weighted by atomic mass is 10.0. The summed E-state index contributed by atoms with van der Waals surface area (Å²) in [5, 5.41) is -0.571. The third-order valence-corrected chi connectivity index (χ3v) is 5.56. The summed E-state index contributed by atoms with van der Waals surface area (Å²) in [5.41, 5.74) is -0.487. The number of halogens is 2. The van der Waals surface area contributed by atoms with Gasteiger partial charge in [-0.05, 0) is 24.1 Å². The van der Waals surface area contributed by atoms with E-state index >= 15 is 0 Å². The van der Waals surface area contributed by atoms with Crippen LogP contribution in [-0.4, -0.2) is 30.3 Å². The van der Waals surface area contributed by atoms with Crippen LogP contribution in [0.3, 0.4) is 0 Å². The molecule has 0 bridgehead atoms. The zero-order valence-corrected chi connectivity index (χ0v) is 18.5. The zero-order valence-electron chi connectivity index (χ0n) is 17.6. The van der Waals surface area contributed by atoms with Crippen molar-refractivity contribution in [2.75, 3.05) is 20.8 Å². The highest BCUT2D eigenvalue weighted by atomic mass is 31.2. The number of methoxy groups -OCH3 is 1. The van der Waals surface area contributed by atoms with Crippen LogP contribution in [0.4, 0.5) is 8.78 Å². The number of fused-ring (bicyclic) bond motifs is 1. The van der Waals surface area contributed by atoms with Crippen LogP contribution >= 0.6 is 7.82 Å². The Kier molecular flexibility index (Phi) is 7.30. The standard InChI is InChI=1S/C21H22F2NO7P/c1-4-9-30-17-10-16(22)19(23)18-20(17)24(12-31-32(26,27)29-3)11-15(21(18)25)13-5-7-14(28-2)8-6-13/h5-8,10-11H,4,9,12H2,1-3H3,(H,26,27). The van der Waals surface area contributed by atoms with Gasteiger partial charge in [0.25, 0.3) is 0 Å². The summed E-state index contributed by atoms with van der Waals surface area (Å²) >= 11 is 0. The summed E-state index contributed by atoms with van der Waals surface area (Å²) in [5.74, 6) is -2.19. The van der Waals surface area contributed by atoms with E-state index in [1.807, 2.05) is 6.92 Å². The van der Waals surface area contributed by atoms with Gasteiger partial charge >= 0.3 is 7.82 Å². The predicted molar refractivity (Wildman–Crippen MR) is 114 cm³/mol. The first-order chi connectivity index (χ1) is 15.2. The summed E-state index contributed by atoms with van der Waals surface area (Å²) < 4.78 is 62.2. The van der Waals surface area contributed by atoms with Crippen LogP contribution < -0.4 is 14.9 Å². The average molecular weight is 469 g/mol. The van der Waals surface area contributed by atoms with Gasteiger partial charge in [0, 0.05) is 24.9 Å². The molecule has 0 aliphatic rings. The van der Waals surface area contributed by atoms with Crippen molar-refractivity contribution in [3.05, 3.63) is 58.4 Å². The fourth-order valence-corrected chi connectivity index (χ4v) is 3.46. The largest absolute Gasteiger partial charge is 0.497 e. The van der Waals surface area contributed by atoms with Gasteiger partial charge < -0.3 is 18.9 Å². The number of ether oxygens (including phenoxy) is 2. The van der Waals surface area contributed by atoms with Crippen molar-refractivity contribution in [2.24, 2.45) is 0 Å². The van der Waals surface area contributed by atoms with Crippen LogP contribution in [0.1, 0.15) is 13.3 Å². The van der Waals surface area contributed by atoms with E-state index in [2.05, 4.69) is 4.52 Å². The van der Waals surface area contributed by atoms with Crippen molar-refractivity contribution in [1.82, 2.24) is 4.57 Å². The highest BCUT2D eigenvalue weighted by molar-refractivity contribution is 7.47. The molecule has 0 radical (unpaired) electrons. The van der Waals surface area contributed by atoms with Crippen molar-refractivity contribution in [3.8, 4) is 22.6 Å². The Labute approximate surface area is 182 Å². The number of rotatable bonds is 9. The minimum Gasteiger partial charge on any atom is -0.497 e. The second-order valence-corrected chi connectivity index (χ2v) is 8.28. The van der Waals surface area contributed by atoms with Gasteiger partial charge in [-0.25, -0.2) is 13.3 Å². The summed E-state index contributed by atoms with van der Waals surface area (Å²) in [4.78, 5) is 22.8. The number of pyridine rings is 1. The topological polar surface area (TPSA) is 96.2 Å². The van der Waals surface area contributed by atoms with Crippen molar-refractivity contribution in [1.29, 1.82) is 0 Å². The maximum atomic E-state index is 14.9. The highest BCUT2D eigenvalue weighted by Gasteiger charge is 2.24. The number of benzene rings is 2. The third kappa shape index (κ3) is 4.83. The number of phosphoric ester groups is 1. The van der Waals surface area contributed by atoms with Crippen molar-refractivity contribution < 1.29 is 36.8 Å². The molecule has 1 N–H and O–H groups in total. The van der Waals surface area contributed by atoms with Crippen LogP contribution in [0.5, 0.6) is 11.5 Å². The van der Waals surface area contributed by atoms with Crippen molar-refractivity contribution >= 4 is 18.7 Å². The van der Waals surface area contributed by atoms with Crippen LogP contribution in [0.25, 0.3) is 22.0 Å². The second kappa shape index (κ2) is 9.79. The molecule has 0 amide bonds. The Bertz CT molecular complexity index is 1230. The molecule has 11 heteroatoms. The van der Waals surface area contributed by atoms with Crippen LogP contribution in [0, 0.1) is 11.6 Å². The molecule has 32 heavy (non-hydrogen) atoms. The first-order valence-corrected chi connectivity index (χ1v) is 11.1. The highest BCUT2D eigenvalue weighted by Crippen LogP contribution is 2.43. The molecule has 1 heterocycles. The zero-order chi connectivity index (χ0) is 23.5. The molecule has 0 fully saturated rings. The first kappa shape index (κ1) is 23.9. The Balaban J connectivity index is 2.31. The van der Waals surface area contributed by atoms with E-state index in [4.69, 9.17) is 14.0 Å². The molecule has 3 aromatic rings. The van der Waals surface area contributed by atoms with Crippen LogP contribution in [0.15, 0.2) is 41.3 Å². The molecule has 0 spiro atoms. The molecule has 0 saturated heterocycles. The van der Waals surface area contributed by atoms with Gasteiger partial charge in [-0.2, -0.15) is 0 Å². The Hall–Kier alpha value is -2.78. The second-order valence-electron chi connectivity index (χ2n) is 6.72. The van der Waals surface area contributed by atoms with Gasteiger partial charge in [0.1, 0.15) is 18.2 Å². The van der Waals surface area contributed by atoms with E-state index in [0.29, 0.717) is 17.7 Å². The number of aromatic nitrogens is 1. The van der Waals surface area contributed by atoms with Gasteiger partial charge in [0.05, 0.1) is 24.6 Å². The molecule has 1 unspecified atom stereocenters. The van der Waals surface area contributed by atoms with Gasteiger partial charge in [-0.1, -0.05) is 19.1 Å². The summed E-state index contributed by atoms with van der Waals surface area (Å²) in [6.07, 6.45) is 1.89. The van der Waals surface area contributed by atoms with Crippen LogP contribution in [-0.2, 0) is 20.3 Å². The predicted octanol–water partition coefficient (Wildman–Crippen LogP) is 4.47. The molecule has 0 saturated carbocycles. The van der Waals surface area contributed by atoms with E-state index in [9.17, 15) is 23.0 Å². The minimum atomic E-state index is -4.41. The van der Waals surface area contributed by atoms with Crippen molar-refractivity contribution in [3.63, 3.8) is 0 Å². The lowest BCUT2D eigenvalue weighted by molar-refractivity contribution is 0.138. The number of hydrogen-bond donors (Lipinski definition) is 1. The number of hydrogen-bond acceptors (Lipinski definition) is 6. The molecule has 0 aliphatic heterocycles. The molecule has 2 aromatic carbocycles. The summed E-state index contributed by atoms with van der Waals surface area (Å²) in [7, 11) is -1.94. The SMILES string of the molecule is CCCOc1cc(F)c(F)c2c(=O)c(-c3ccc(OC)cc3)cn(COP(=O)(O)OC)c12. The molecule has 1 atom stereocenters. The third-order valence-electron chi connectivity index (χ3n) is 4.65. The van der Waals surface area contributed by atoms with Gasteiger partial charge in [-0.3, -0.25) is 13.8 Å². The molecule has 8 nitrogen and oxygen atoms in total. The Morgan fingerprint density at radius 1 is 1.16 bits per heavy atom. The Morgan fingerprint density at radius 3 is 2.44 bits per heavy atom. The van der Waals surface area contributed by atoms with Gasteiger partial charge in [-0.15, -0.1) is 0 Å². The average Bonchev–Trinajstić information content (AvgIpc) is 2.79. The number of phosphoric acid groups is 1. The van der Waals surface area contributed by atoms with Gasteiger partial charge in [0.15, 0.2) is 17.1 Å². The molecule has 0 aliphatic carbocycles. The van der Waals surface area contributed by atoms with Gasteiger partial charge in [0.2, 0.25) is 0 Å².